The van der Waals surface area contributed by atoms with E-state index in [0.717, 1.165) is 0 Å². The van der Waals surface area contributed by atoms with Crippen LogP contribution in [-0.4, -0.2) is 31.8 Å². The van der Waals surface area contributed by atoms with Crippen molar-refractivity contribution < 1.29 is 23.0 Å². The second kappa shape index (κ2) is 4.90. The van der Waals surface area contributed by atoms with Gasteiger partial charge in [0.2, 0.25) is 6.43 Å². The predicted molar refractivity (Wildman–Crippen MR) is 43.9 cm³/mol. The van der Waals surface area contributed by atoms with Crippen LogP contribution in [0.4, 0.5) is 13.6 Å². The highest BCUT2D eigenvalue weighted by atomic mass is 19.3. The lowest BCUT2D eigenvalue weighted by Gasteiger charge is -2.20. The molecule has 2 atom stereocenters. The number of carbonyl (C=O) groups excluding carboxylic acids is 1. The molecule has 4 nitrogen and oxygen atoms in total. The molecule has 1 amide bonds. The van der Waals surface area contributed by atoms with Gasteiger partial charge >= 0.3 is 6.09 Å². The fourth-order valence-electron chi connectivity index (χ4n) is 1.17. The molecule has 0 aromatic heterocycles. The molecule has 0 aromatic rings. The zero-order chi connectivity index (χ0) is 10.6. The fraction of sp³-hybridized carbons (Fsp3) is 0.625. The Kier molecular flexibility index (Phi) is 3.82. The molecule has 0 aliphatic carbocycles. The van der Waals surface area contributed by atoms with E-state index in [9.17, 15) is 13.6 Å². The van der Waals surface area contributed by atoms with Gasteiger partial charge in [0.25, 0.3) is 0 Å². The van der Waals surface area contributed by atoms with Crippen molar-refractivity contribution in [2.75, 3.05) is 13.2 Å². The molecule has 0 aromatic carbocycles. The van der Waals surface area contributed by atoms with Crippen molar-refractivity contribution in [3.8, 4) is 0 Å². The maximum Gasteiger partial charge on any atom is 0.404 e. The average molecular weight is 207 g/mol. The Hall–Kier alpha value is -1.17. The van der Waals surface area contributed by atoms with Gasteiger partial charge in [-0.05, 0) is 0 Å². The molecule has 0 saturated heterocycles. The molecule has 0 fully saturated rings. The summed E-state index contributed by atoms with van der Waals surface area (Å²) in [7, 11) is 0. The molecule has 1 aliphatic rings. The van der Waals surface area contributed by atoms with Crippen molar-refractivity contribution >= 4 is 6.09 Å². The molecule has 1 rings (SSSR count). The van der Waals surface area contributed by atoms with Gasteiger partial charge < -0.3 is 15.2 Å². The highest BCUT2D eigenvalue weighted by Gasteiger charge is 2.31. The lowest BCUT2D eigenvalue weighted by Crippen LogP contribution is -2.32. The van der Waals surface area contributed by atoms with Crippen molar-refractivity contribution in [2.45, 2.75) is 12.5 Å². The van der Waals surface area contributed by atoms with E-state index in [1.807, 2.05) is 0 Å². The molecule has 6 heteroatoms. The normalized spacial score (nSPS) is 22.6. The summed E-state index contributed by atoms with van der Waals surface area (Å²) in [6.45, 7) is -0.119. The Morgan fingerprint density at radius 2 is 2.43 bits per heavy atom. The molecular formula is C8H11F2NO3. The third kappa shape index (κ3) is 2.95. The van der Waals surface area contributed by atoms with Crippen LogP contribution in [0.15, 0.2) is 12.2 Å². The Bertz CT molecular complexity index is 233. The van der Waals surface area contributed by atoms with Gasteiger partial charge in [0, 0.05) is 0 Å². The summed E-state index contributed by atoms with van der Waals surface area (Å²) in [6.07, 6.45) is -1.19. The lowest BCUT2D eigenvalue weighted by atomic mass is 10.0. The average Bonchev–Trinajstić information content (AvgIpc) is 2.56. The minimum atomic E-state index is -2.61. The highest BCUT2D eigenvalue weighted by molar-refractivity contribution is 5.64. The third-order valence-corrected chi connectivity index (χ3v) is 1.87. The zero-order valence-corrected chi connectivity index (χ0v) is 7.36. The number of rotatable bonds is 4. The standard InChI is InChI=1S/C8H11F2NO3/c9-7(10)5(4-14-8(11)12)6-2-1-3-13-6/h1-2,5-7H,3-4H2,(H2,11,12). The van der Waals surface area contributed by atoms with Crippen molar-refractivity contribution in [3.63, 3.8) is 0 Å². The Morgan fingerprint density at radius 3 is 2.86 bits per heavy atom. The van der Waals surface area contributed by atoms with E-state index in [1.54, 1.807) is 6.08 Å². The number of hydrogen-bond donors (Lipinski definition) is 1. The Morgan fingerprint density at radius 1 is 1.71 bits per heavy atom. The molecule has 80 valence electrons. The number of primary amides is 1. The molecule has 0 bridgehead atoms. The second-order valence-corrected chi connectivity index (χ2v) is 2.85. The van der Waals surface area contributed by atoms with Gasteiger partial charge in [-0.15, -0.1) is 0 Å². The molecule has 2 unspecified atom stereocenters. The van der Waals surface area contributed by atoms with E-state index in [-0.39, 0.29) is 0 Å². The minimum absolute atomic E-state index is 0.310. The second-order valence-electron chi connectivity index (χ2n) is 2.85. The van der Waals surface area contributed by atoms with Crippen LogP contribution in [0.2, 0.25) is 0 Å². The molecule has 0 spiro atoms. The lowest BCUT2D eigenvalue weighted by molar-refractivity contribution is -0.0365. The summed E-state index contributed by atoms with van der Waals surface area (Å²) >= 11 is 0. The van der Waals surface area contributed by atoms with Gasteiger partial charge in [0.1, 0.15) is 6.61 Å². The number of carbonyl (C=O) groups is 1. The molecule has 0 radical (unpaired) electrons. The first-order chi connectivity index (χ1) is 6.61. The van der Waals surface area contributed by atoms with E-state index < -0.39 is 31.1 Å². The molecular weight excluding hydrogens is 196 g/mol. The number of ether oxygens (including phenoxy) is 2. The third-order valence-electron chi connectivity index (χ3n) is 1.87. The van der Waals surface area contributed by atoms with Gasteiger partial charge in [0.15, 0.2) is 0 Å². The van der Waals surface area contributed by atoms with Gasteiger partial charge in [-0.3, -0.25) is 0 Å². The number of hydrogen-bond acceptors (Lipinski definition) is 3. The molecule has 14 heavy (non-hydrogen) atoms. The summed E-state index contributed by atoms with van der Waals surface area (Å²) in [6, 6.07) is 0. The molecule has 1 heterocycles. The monoisotopic (exact) mass is 207 g/mol. The molecule has 2 N–H and O–H groups in total. The van der Waals surface area contributed by atoms with E-state index >= 15 is 0 Å². The van der Waals surface area contributed by atoms with Crippen molar-refractivity contribution in [2.24, 2.45) is 11.7 Å². The summed E-state index contributed by atoms with van der Waals surface area (Å²) in [4.78, 5) is 10.2. The van der Waals surface area contributed by atoms with Crippen LogP contribution in [0.3, 0.4) is 0 Å². The van der Waals surface area contributed by atoms with Crippen LogP contribution >= 0.6 is 0 Å². The van der Waals surface area contributed by atoms with E-state index in [4.69, 9.17) is 4.74 Å². The van der Waals surface area contributed by atoms with E-state index in [0.29, 0.717) is 6.61 Å². The Balaban J connectivity index is 2.46. The predicted octanol–water partition coefficient (Wildman–Crippen LogP) is 0.918. The van der Waals surface area contributed by atoms with Gasteiger partial charge in [0.05, 0.1) is 18.6 Å². The summed E-state index contributed by atoms with van der Waals surface area (Å²) in [5.41, 5.74) is 4.67. The number of amides is 1. The number of nitrogens with two attached hydrogens (primary N) is 1. The fourth-order valence-corrected chi connectivity index (χ4v) is 1.17. The first-order valence-corrected chi connectivity index (χ1v) is 4.10. The number of halogens is 2. The van der Waals surface area contributed by atoms with Crippen LogP contribution in [0.25, 0.3) is 0 Å². The van der Waals surface area contributed by atoms with Crippen LogP contribution < -0.4 is 5.73 Å². The topological polar surface area (TPSA) is 61.6 Å². The first kappa shape index (κ1) is 10.9. The maximum atomic E-state index is 12.5. The quantitative estimate of drug-likeness (QED) is 0.697. The Labute approximate surface area is 79.7 Å². The molecule has 1 aliphatic heterocycles. The van der Waals surface area contributed by atoms with Gasteiger partial charge in [-0.2, -0.15) is 0 Å². The summed E-state index contributed by atoms with van der Waals surface area (Å²) in [5, 5.41) is 0. The van der Waals surface area contributed by atoms with Gasteiger partial charge in [-0.1, -0.05) is 12.2 Å². The first-order valence-electron chi connectivity index (χ1n) is 4.10. The van der Waals surface area contributed by atoms with Crippen LogP contribution in [0, 0.1) is 5.92 Å². The van der Waals surface area contributed by atoms with Crippen LogP contribution in [0.5, 0.6) is 0 Å². The summed E-state index contributed by atoms with van der Waals surface area (Å²) in [5.74, 6) is -1.15. The minimum Gasteiger partial charge on any atom is -0.449 e. The van der Waals surface area contributed by atoms with Crippen molar-refractivity contribution in [3.05, 3.63) is 12.2 Å². The van der Waals surface area contributed by atoms with Crippen molar-refractivity contribution in [1.82, 2.24) is 0 Å². The van der Waals surface area contributed by atoms with Crippen LogP contribution in [0.1, 0.15) is 0 Å². The van der Waals surface area contributed by atoms with E-state index in [2.05, 4.69) is 10.5 Å². The zero-order valence-electron chi connectivity index (χ0n) is 7.36. The SMILES string of the molecule is NC(=O)OCC(C(F)F)C1C=CCO1. The van der Waals surface area contributed by atoms with Crippen molar-refractivity contribution in [1.29, 1.82) is 0 Å². The highest BCUT2D eigenvalue weighted by Crippen LogP contribution is 2.21. The van der Waals surface area contributed by atoms with Gasteiger partial charge in [-0.25, -0.2) is 13.6 Å². The number of alkyl halides is 2. The van der Waals surface area contributed by atoms with Crippen LogP contribution in [-0.2, 0) is 9.47 Å². The summed E-state index contributed by atoms with van der Waals surface area (Å²) < 4.78 is 34.2. The maximum absolute atomic E-state index is 12.5. The molecule has 0 saturated carbocycles. The van der Waals surface area contributed by atoms with E-state index in [1.165, 1.54) is 6.08 Å². The smallest absolute Gasteiger partial charge is 0.404 e. The largest absolute Gasteiger partial charge is 0.449 e.